The van der Waals surface area contributed by atoms with Crippen molar-refractivity contribution in [1.29, 1.82) is 0 Å². The van der Waals surface area contributed by atoms with Crippen LogP contribution in [0, 0.1) is 0 Å². The predicted octanol–water partition coefficient (Wildman–Crippen LogP) is 3.33. The lowest BCUT2D eigenvalue weighted by Gasteiger charge is -2.26. The summed E-state index contributed by atoms with van der Waals surface area (Å²) in [7, 11) is 0. The van der Waals surface area contributed by atoms with E-state index in [9.17, 15) is 0 Å². The summed E-state index contributed by atoms with van der Waals surface area (Å²) < 4.78 is 2.17. The van der Waals surface area contributed by atoms with Gasteiger partial charge in [0.2, 0.25) is 5.95 Å². The molecule has 30 heavy (non-hydrogen) atoms. The molecule has 1 atom stereocenters. The fraction of sp³-hybridized carbons (Fsp3) is 0.300. The number of halogens is 1. The minimum atomic E-state index is -0.107. The first kappa shape index (κ1) is 18.7. The van der Waals surface area contributed by atoms with Crippen LogP contribution in [0.3, 0.4) is 0 Å². The average Bonchev–Trinajstić information content (AvgIpc) is 3.37. The number of fused-ring (bicyclic) bond motifs is 1. The summed E-state index contributed by atoms with van der Waals surface area (Å²) in [5, 5.41) is 22.7. The maximum absolute atomic E-state index is 6.09. The Labute approximate surface area is 178 Å². The molecule has 1 aliphatic heterocycles. The van der Waals surface area contributed by atoms with Gasteiger partial charge in [0.05, 0.1) is 11.7 Å². The molecule has 1 unspecified atom stereocenters. The quantitative estimate of drug-likeness (QED) is 0.499. The summed E-state index contributed by atoms with van der Waals surface area (Å²) in [4.78, 5) is 7.80. The van der Waals surface area contributed by atoms with Gasteiger partial charge in [-0.2, -0.15) is 0 Å². The van der Waals surface area contributed by atoms with E-state index in [0.717, 1.165) is 49.0 Å². The van der Waals surface area contributed by atoms with Gasteiger partial charge >= 0.3 is 0 Å². The molecular weight excluding hydrogens is 402 g/mol. The first-order chi connectivity index (χ1) is 14.7. The second-order valence-corrected chi connectivity index (χ2v) is 7.64. The molecule has 0 spiro atoms. The molecule has 0 N–H and O–H groups in total. The summed E-state index contributed by atoms with van der Waals surface area (Å²) in [6, 6.07) is 11.2. The first-order valence-electron chi connectivity index (χ1n) is 9.87. The summed E-state index contributed by atoms with van der Waals surface area (Å²) in [5.74, 6) is 2.30. The fourth-order valence-electron chi connectivity index (χ4n) is 3.69. The molecule has 0 saturated carbocycles. The highest BCUT2D eigenvalue weighted by Crippen LogP contribution is 2.30. The minimum Gasteiger partial charge on any atom is -0.331 e. The van der Waals surface area contributed by atoms with Gasteiger partial charge in [0.1, 0.15) is 0 Å². The smallest absolute Gasteiger partial charge is 0.228 e. The van der Waals surface area contributed by atoms with Crippen molar-refractivity contribution in [3.05, 3.63) is 59.6 Å². The Balaban J connectivity index is 1.47. The largest absolute Gasteiger partial charge is 0.331 e. The molecule has 4 aromatic rings. The molecule has 9 nitrogen and oxygen atoms in total. The third-order valence-electron chi connectivity index (χ3n) is 5.27. The van der Waals surface area contributed by atoms with Gasteiger partial charge in [-0.3, -0.25) is 9.55 Å². The first-order valence-corrected chi connectivity index (χ1v) is 10.2. The van der Waals surface area contributed by atoms with Gasteiger partial charge in [-0.1, -0.05) is 17.7 Å². The highest BCUT2D eigenvalue weighted by atomic mass is 35.5. The molecule has 5 rings (SSSR count). The molecule has 3 aromatic heterocycles. The number of hydrogen-bond donors (Lipinski definition) is 0. The van der Waals surface area contributed by atoms with Crippen molar-refractivity contribution in [2.75, 3.05) is 11.4 Å². The second-order valence-electron chi connectivity index (χ2n) is 7.20. The maximum Gasteiger partial charge on any atom is 0.228 e. The standard InChI is InChI=1S/C20H20ClN9/c1-14(18-23-27-30(26-18)17-6-4-5-16(21)13-17)28-11-2-3-12-29-19(24-25-20(28)29)15-7-9-22-10-8-15/h4-10,13-14H,2-3,11-12H2,1H3. The van der Waals surface area contributed by atoms with E-state index in [2.05, 4.69) is 47.0 Å². The minimum absolute atomic E-state index is 0.107. The normalized spacial score (nSPS) is 14.9. The summed E-state index contributed by atoms with van der Waals surface area (Å²) >= 11 is 6.09. The van der Waals surface area contributed by atoms with Crippen LogP contribution in [-0.4, -0.2) is 46.5 Å². The van der Waals surface area contributed by atoms with Crippen molar-refractivity contribution in [1.82, 2.24) is 40.0 Å². The van der Waals surface area contributed by atoms with Crippen molar-refractivity contribution in [2.45, 2.75) is 32.4 Å². The van der Waals surface area contributed by atoms with E-state index in [1.807, 2.05) is 30.3 Å². The Hall–Kier alpha value is -3.33. The van der Waals surface area contributed by atoms with Crippen molar-refractivity contribution >= 4 is 17.5 Å². The predicted molar refractivity (Wildman–Crippen MR) is 112 cm³/mol. The zero-order chi connectivity index (χ0) is 20.5. The third kappa shape index (κ3) is 3.41. The van der Waals surface area contributed by atoms with Crippen LogP contribution in [-0.2, 0) is 6.54 Å². The Morgan fingerprint density at radius 3 is 2.67 bits per heavy atom. The summed E-state index contributed by atoms with van der Waals surface area (Å²) in [6.07, 6.45) is 5.64. The Bertz CT molecular complexity index is 1150. The molecule has 10 heteroatoms. The molecule has 0 radical (unpaired) electrons. The Kier molecular flexibility index (Phi) is 4.88. The molecule has 1 aromatic carbocycles. The SMILES string of the molecule is CC(c1nnn(-c2cccc(Cl)c2)n1)N1CCCCn2c(-c3ccncc3)nnc21. The molecule has 0 aliphatic carbocycles. The third-order valence-corrected chi connectivity index (χ3v) is 5.50. The monoisotopic (exact) mass is 421 g/mol. The topological polar surface area (TPSA) is 90.4 Å². The number of nitrogens with zero attached hydrogens (tertiary/aromatic N) is 9. The van der Waals surface area contributed by atoms with Gasteiger partial charge in [0.25, 0.3) is 0 Å². The molecule has 4 heterocycles. The van der Waals surface area contributed by atoms with E-state index in [-0.39, 0.29) is 6.04 Å². The summed E-state index contributed by atoms with van der Waals surface area (Å²) in [5.41, 5.74) is 1.77. The van der Waals surface area contributed by atoms with Crippen LogP contribution < -0.4 is 4.90 Å². The fourth-order valence-corrected chi connectivity index (χ4v) is 3.87. The van der Waals surface area contributed by atoms with Crippen molar-refractivity contribution < 1.29 is 0 Å². The van der Waals surface area contributed by atoms with Crippen LogP contribution >= 0.6 is 11.6 Å². The second kappa shape index (κ2) is 7.83. The number of benzene rings is 1. The van der Waals surface area contributed by atoms with Gasteiger partial charge in [0, 0.05) is 36.1 Å². The van der Waals surface area contributed by atoms with Crippen LogP contribution in [0.5, 0.6) is 0 Å². The number of aromatic nitrogens is 8. The molecule has 0 amide bonds. The van der Waals surface area contributed by atoms with E-state index in [1.165, 1.54) is 4.80 Å². The van der Waals surface area contributed by atoms with Gasteiger partial charge in [-0.15, -0.1) is 25.2 Å². The Morgan fingerprint density at radius 2 is 1.83 bits per heavy atom. The molecule has 152 valence electrons. The highest BCUT2D eigenvalue weighted by Gasteiger charge is 2.28. The molecule has 0 bridgehead atoms. The van der Waals surface area contributed by atoms with E-state index in [1.54, 1.807) is 18.5 Å². The molecule has 1 aliphatic rings. The van der Waals surface area contributed by atoms with E-state index in [0.29, 0.717) is 10.8 Å². The lowest BCUT2D eigenvalue weighted by molar-refractivity contribution is 0.605. The van der Waals surface area contributed by atoms with E-state index >= 15 is 0 Å². The van der Waals surface area contributed by atoms with Crippen LogP contribution in [0.25, 0.3) is 17.1 Å². The average molecular weight is 422 g/mol. The molecule has 0 saturated heterocycles. The maximum atomic E-state index is 6.09. The highest BCUT2D eigenvalue weighted by molar-refractivity contribution is 6.30. The van der Waals surface area contributed by atoms with Crippen molar-refractivity contribution in [2.24, 2.45) is 0 Å². The van der Waals surface area contributed by atoms with Gasteiger partial charge in [0.15, 0.2) is 11.6 Å². The van der Waals surface area contributed by atoms with Crippen molar-refractivity contribution in [3.63, 3.8) is 0 Å². The number of anilines is 1. The van der Waals surface area contributed by atoms with Gasteiger partial charge in [-0.25, -0.2) is 0 Å². The number of hydrogen-bond acceptors (Lipinski definition) is 7. The van der Waals surface area contributed by atoms with Crippen LogP contribution in [0.2, 0.25) is 5.02 Å². The zero-order valence-electron chi connectivity index (χ0n) is 16.4. The van der Waals surface area contributed by atoms with Gasteiger partial charge in [-0.05, 0) is 55.3 Å². The van der Waals surface area contributed by atoms with Crippen LogP contribution in [0.1, 0.15) is 31.6 Å². The molecular formula is C20H20ClN9. The zero-order valence-corrected chi connectivity index (χ0v) is 17.2. The summed E-state index contributed by atoms with van der Waals surface area (Å²) in [6.45, 7) is 3.78. The van der Waals surface area contributed by atoms with E-state index in [4.69, 9.17) is 11.6 Å². The number of pyridine rings is 1. The van der Waals surface area contributed by atoms with Gasteiger partial charge < -0.3 is 4.90 Å². The van der Waals surface area contributed by atoms with Crippen LogP contribution in [0.15, 0.2) is 48.8 Å². The number of rotatable bonds is 4. The lowest BCUT2D eigenvalue weighted by Crippen LogP contribution is -2.30. The lowest BCUT2D eigenvalue weighted by atomic mass is 10.2. The number of tetrazole rings is 1. The Morgan fingerprint density at radius 1 is 1.00 bits per heavy atom. The van der Waals surface area contributed by atoms with Crippen molar-refractivity contribution in [3.8, 4) is 17.1 Å². The van der Waals surface area contributed by atoms with E-state index < -0.39 is 0 Å². The van der Waals surface area contributed by atoms with Crippen LogP contribution in [0.4, 0.5) is 5.95 Å². The molecule has 0 fully saturated rings.